The summed E-state index contributed by atoms with van der Waals surface area (Å²) in [5, 5.41) is 1.82. The number of halogens is 1. The van der Waals surface area contributed by atoms with Crippen molar-refractivity contribution in [3.8, 4) is 5.75 Å². The van der Waals surface area contributed by atoms with E-state index in [0.717, 1.165) is 47.3 Å². The van der Waals surface area contributed by atoms with Crippen LogP contribution in [-0.4, -0.2) is 61.3 Å². The van der Waals surface area contributed by atoms with Gasteiger partial charge in [-0.2, -0.15) is 0 Å². The zero-order valence-electron chi connectivity index (χ0n) is 18.9. The number of carbonyl (C=O) groups is 1. The van der Waals surface area contributed by atoms with Crippen molar-refractivity contribution < 1.29 is 14.3 Å². The third-order valence-corrected chi connectivity index (χ3v) is 6.04. The molecule has 6 nitrogen and oxygen atoms in total. The molecule has 0 saturated carbocycles. The maximum Gasteiger partial charge on any atom is 0.410 e. The Morgan fingerprint density at radius 3 is 2.72 bits per heavy atom. The highest BCUT2D eigenvalue weighted by Crippen LogP contribution is 2.39. The van der Waals surface area contributed by atoms with Crippen LogP contribution in [0.4, 0.5) is 4.79 Å². The number of aromatic amines is 1. The number of amides is 1. The minimum absolute atomic E-state index is 0.258. The first-order valence-corrected chi connectivity index (χ1v) is 11.5. The van der Waals surface area contributed by atoms with Gasteiger partial charge in [-0.25, -0.2) is 4.79 Å². The molecule has 0 aliphatic carbocycles. The summed E-state index contributed by atoms with van der Waals surface area (Å²) in [5.74, 6) is 0.828. The van der Waals surface area contributed by atoms with E-state index in [0.29, 0.717) is 24.8 Å². The summed E-state index contributed by atoms with van der Waals surface area (Å²) in [7, 11) is 4.11. The van der Waals surface area contributed by atoms with Crippen LogP contribution in [0.1, 0.15) is 36.2 Å². The molecule has 2 heterocycles. The van der Waals surface area contributed by atoms with E-state index >= 15 is 0 Å². The Morgan fingerprint density at radius 2 is 2.00 bits per heavy atom. The Morgan fingerprint density at radius 1 is 1.22 bits per heavy atom. The lowest BCUT2D eigenvalue weighted by atomic mass is 9.92. The molecule has 0 radical (unpaired) electrons. The fourth-order valence-electron chi connectivity index (χ4n) is 4.33. The van der Waals surface area contributed by atoms with E-state index in [2.05, 4.69) is 24.0 Å². The van der Waals surface area contributed by atoms with Gasteiger partial charge in [-0.15, -0.1) is 0 Å². The van der Waals surface area contributed by atoms with Crippen LogP contribution in [0.3, 0.4) is 0 Å². The predicted molar refractivity (Wildman–Crippen MR) is 128 cm³/mol. The van der Waals surface area contributed by atoms with Crippen molar-refractivity contribution in [2.24, 2.45) is 0 Å². The van der Waals surface area contributed by atoms with E-state index in [-0.39, 0.29) is 12.1 Å². The van der Waals surface area contributed by atoms with Gasteiger partial charge in [0.2, 0.25) is 0 Å². The highest BCUT2D eigenvalue weighted by Gasteiger charge is 2.35. The molecule has 32 heavy (non-hydrogen) atoms. The molecule has 1 atom stereocenters. The van der Waals surface area contributed by atoms with Crippen molar-refractivity contribution in [1.82, 2.24) is 14.8 Å². The molecule has 0 saturated heterocycles. The number of nitrogens with zero attached hydrogens (tertiary/aromatic N) is 2. The number of H-pyrrole nitrogens is 1. The summed E-state index contributed by atoms with van der Waals surface area (Å²) in [6.45, 7) is 4.41. The van der Waals surface area contributed by atoms with Gasteiger partial charge in [0.1, 0.15) is 11.8 Å². The van der Waals surface area contributed by atoms with Crippen molar-refractivity contribution >= 4 is 28.6 Å². The fraction of sp³-hybridized carbons (Fsp3) is 0.400. The second kappa shape index (κ2) is 9.84. The molecule has 1 aliphatic heterocycles. The van der Waals surface area contributed by atoms with Crippen LogP contribution in [0.2, 0.25) is 5.02 Å². The SMILES string of the molecule is CCOC(=O)N1CCc2c([nH]c3ccc(Cl)cc23)C1c1ccc(OCCCN(C)C)cc1. The number of fused-ring (bicyclic) bond motifs is 3. The highest BCUT2D eigenvalue weighted by molar-refractivity contribution is 6.31. The van der Waals surface area contributed by atoms with Gasteiger partial charge in [-0.05, 0) is 75.3 Å². The van der Waals surface area contributed by atoms with Crippen LogP contribution in [0.15, 0.2) is 42.5 Å². The van der Waals surface area contributed by atoms with Crippen molar-refractivity contribution in [2.75, 3.05) is 40.4 Å². The highest BCUT2D eigenvalue weighted by atomic mass is 35.5. The van der Waals surface area contributed by atoms with Crippen molar-refractivity contribution in [2.45, 2.75) is 25.8 Å². The van der Waals surface area contributed by atoms with Gasteiger partial charge in [0, 0.05) is 34.7 Å². The first kappa shape index (κ1) is 22.5. The first-order chi connectivity index (χ1) is 15.5. The van der Waals surface area contributed by atoms with Crippen LogP contribution >= 0.6 is 11.6 Å². The van der Waals surface area contributed by atoms with E-state index < -0.39 is 0 Å². The predicted octanol–water partition coefficient (Wildman–Crippen LogP) is 5.26. The van der Waals surface area contributed by atoms with E-state index in [1.165, 1.54) is 5.56 Å². The number of nitrogens with one attached hydrogen (secondary N) is 1. The molecular formula is C25H30ClN3O3. The number of carbonyl (C=O) groups excluding carboxylic acids is 1. The second-order valence-corrected chi connectivity index (χ2v) is 8.76. The number of hydrogen-bond acceptors (Lipinski definition) is 4. The molecule has 7 heteroatoms. The molecule has 0 fully saturated rings. The van der Waals surface area contributed by atoms with E-state index in [1.807, 2.05) is 49.4 Å². The maximum atomic E-state index is 12.8. The lowest BCUT2D eigenvalue weighted by Crippen LogP contribution is -2.40. The zero-order chi connectivity index (χ0) is 22.7. The molecule has 1 unspecified atom stereocenters. The van der Waals surface area contributed by atoms with Gasteiger partial charge in [0.15, 0.2) is 0 Å². The summed E-state index contributed by atoms with van der Waals surface area (Å²) in [5.41, 5.74) is 4.26. The average molecular weight is 456 g/mol. The Hall–Kier alpha value is -2.70. The molecule has 0 bridgehead atoms. The van der Waals surface area contributed by atoms with Gasteiger partial charge < -0.3 is 19.4 Å². The molecule has 170 valence electrons. The number of rotatable bonds is 7. The molecule has 4 rings (SSSR count). The lowest BCUT2D eigenvalue weighted by molar-refractivity contribution is 0.0932. The fourth-order valence-corrected chi connectivity index (χ4v) is 4.50. The Labute approximate surface area is 194 Å². The Kier molecular flexibility index (Phi) is 6.92. The minimum Gasteiger partial charge on any atom is -0.494 e. The normalized spacial score (nSPS) is 15.8. The maximum absolute atomic E-state index is 12.8. The third kappa shape index (κ3) is 4.71. The molecular weight excluding hydrogens is 426 g/mol. The van der Waals surface area contributed by atoms with Crippen molar-refractivity contribution in [1.29, 1.82) is 0 Å². The third-order valence-electron chi connectivity index (χ3n) is 5.81. The van der Waals surface area contributed by atoms with E-state index in [1.54, 1.807) is 4.90 Å². The summed E-state index contributed by atoms with van der Waals surface area (Å²) in [6, 6.07) is 13.6. The summed E-state index contributed by atoms with van der Waals surface area (Å²) < 4.78 is 11.3. The van der Waals surface area contributed by atoms with Gasteiger partial charge in [-0.1, -0.05) is 23.7 Å². The van der Waals surface area contributed by atoms with Crippen LogP contribution in [0, 0.1) is 0 Å². The minimum atomic E-state index is -0.302. The molecule has 1 amide bonds. The van der Waals surface area contributed by atoms with E-state index in [4.69, 9.17) is 21.1 Å². The van der Waals surface area contributed by atoms with Crippen molar-refractivity contribution in [3.05, 3.63) is 64.3 Å². The van der Waals surface area contributed by atoms with Crippen LogP contribution < -0.4 is 4.74 Å². The second-order valence-electron chi connectivity index (χ2n) is 8.33. The van der Waals surface area contributed by atoms with E-state index in [9.17, 15) is 4.79 Å². The number of hydrogen-bond donors (Lipinski definition) is 1. The van der Waals surface area contributed by atoms with Gasteiger partial charge in [0.05, 0.1) is 13.2 Å². The molecule has 1 aromatic heterocycles. The number of ether oxygens (including phenoxy) is 2. The quantitative estimate of drug-likeness (QED) is 0.494. The summed E-state index contributed by atoms with van der Waals surface area (Å²) in [4.78, 5) is 20.3. The smallest absolute Gasteiger partial charge is 0.410 e. The van der Waals surface area contributed by atoms with Gasteiger partial charge >= 0.3 is 6.09 Å². The number of benzene rings is 2. The Balaban J connectivity index is 1.64. The van der Waals surface area contributed by atoms with Crippen molar-refractivity contribution in [3.63, 3.8) is 0 Å². The molecule has 2 aromatic carbocycles. The lowest BCUT2D eigenvalue weighted by Gasteiger charge is -2.35. The van der Waals surface area contributed by atoms with Gasteiger partial charge in [0.25, 0.3) is 0 Å². The summed E-state index contributed by atoms with van der Waals surface area (Å²) >= 11 is 6.26. The summed E-state index contributed by atoms with van der Waals surface area (Å²) in [6.07, 6.45) is 1.41. The number of aromatic nitrogens is 1. The van der Waals surface area contributed by atoms with Crippen LogP contribution in [0.5, 0.6) is 5.75 Å². The van der Waals surface area contributed by atoms with Crippen LogP contribution in [-0.2, 0) is 11.2 Å². The molecule has 3 aromatic rings. The Bertz CT molecular complexity index is 1080. The topological polar surface area (TPSA) is 57.8 Å². The zero-order valence-corrected chi connectivity index (χ0v) is 19.6. The van der Waals surface area contributed by atoms with Gasteiger partial charge in [-0.3, -0.25) is 4.90 Å². The largest absolute Gasteiger partial charge is 0.494 e. The first-order valence-electron chi connectivity index (χ1n) is 11.1. The molecule has 0 spiro atoms. The average Bonchev–Trinajstić information content (AvgIpc) is 3.14. The monoisotopic (exact) mass is 455 g/mol. The standard InChI is InChI=1S/C25H30ClN3O3/c1-4-31-25(30)29-14-12-20-21-16-18(26)8-11-22(21)27-23(20)24(29)17-6-9-19(10-7-17)32-15-5-13-28(2)3/h6-11,16,24,27H,4-5,12-15H2,1-3H3. The molecule has 1 aliphatic rings. The van der Waals surface area contributed by atoms with Crippen LogP contribution in [0.25, 0.3) is 10.9 Å². The molecule has 1 N–H and O–H groups in total.